The second kappa shape index (κ2) is 7.83. The van der Waals surface area contributed by atoms with Crippen LogP contribution in [0.5, 0.6) is 0 Å². The van der Waals surface area contributed by atoms with Gasteiger partial charge in [0.25, 0.3) is 5.91 Å². The van der Waals surface area contributed by atoms with Crippen LogP contribution in [0.15, 0.2) is 54.6 Å². The van der Waals surface area contributed by atoms with Gasteiger partial charge in [0.15, 0.2) is 0 Å². The Hall–Kier alpha value is -2.82. The van der Waals surface area contributed by atoms with Gasteiger partial charge in [-0.25, -0.2) is 0 Å². The molecule has 5 nitrogen and oxygen atoms in total. The minimum absolute atomic E-state index is 0.242. The Balaban J connectivity index is 1.73. The van der Waals surface area contributed by atoms with Crippen LogP contribution in [0.3, 0.4) is 0 Å². The van der Waals surface area contributed by atoms with Gasteiger partial charge in [-0.2, -0.15) is 0 Å². The van der Waals surface area contributed by atoms with E-state index in [2.05, 4.69) is 15.5 Å². The van der Waals surface area contributed by atoms with Gasteiger partial charge in [-0.15, -0.1) is 0 Å². The molecule has 0 bridgehead atoms. The third kappa shape index (κ3) is 3.99. The number of hydrogen-bond acceptors (Lipinski definition) is 3. The fourth-order valence-electron chi connectivity index (χ4n) is 3.10. The highest BCUT2D eigenvalue weighted by Gasteiger charge is 2.22. The van der Waals surface area contributed by atoms with Gasteiger partial charge in [-0.05, 0) is 42.7 Å². The van der Waals surface area contributed by atoms with Gasteiger partial charge in [0.2, 0.25) is 5.91 Å². The third-order valence-corrected chi connectivity index (χ3v) is 4.52. The highest BCUT2D eigenvalue weighted by atomic mass is 16.2. The molecular weight excluding hydrogens is 314 g/mol. The van der Waals surface area contributed by atoms with Crippen LogP contribution in [-0.4, -0.2) is 32.0 Å². The number of likely N-dealkylation sites (N-methyl/N-ethyl adjacent to an activating group) is 1. The summed E-state index contributed by atoms with van der Waals surface area (Å²) in [5, 5.41) is 5.43. The Morgan fingerprint density at radius 3 is 2.20 bits per heavy atom. The maximum atomic E-state index is 12.6. The first kappa shape index (κ1) is 17.0. The lowest BCUT2D eigenvalue weighted by molar-refractivity contribution is -0.122. The van der Waals surface area contributed by atoms with E-state index in [4.69, 9.17) is 0 Å². The summed E-state index contributed by atoms with van der Waals surface area (Å²) < 4.78 is 0. The molecule has 1 saturated heterocycles. The Bertz CT molecular complexity index is 722. The molecular formula is C20H23N3O2. The second-order valence-corrected chi connectivity index (χ2v) is 6.17. The van der Waals surface area contributed by atoms with Gasteiger partial charge < -0.3 is 15.5 Å². The van der Waals surface area contributed by atoms with Crippen molar-refractivity contribution in [2.45, 2.75) is 18.9 Å². The van der Waals surface area contributed by atoms with Gasteiger partial charge in [-0.1, -0.05) is 30.3 Å². The van der Waals surface area contributed by atoms with E-state index in [0.29, 0.717) is 5.56 Å². The van der Waals surface area contributed by atoms with E-state index in [0.717, 1.165) is 24.3 Å². The highest BCUT2D eigenvalue weighted by molar-refractivity contribution is 5.98. The molecule has 3 rings (SSSR count). The predicted molar refractivity (Wildman–Crippen MR) is 98.6 cm³/mol. The lowest BCUT2D eigenvalue weighted by Gasteiger charge is -2.19. The molecule has 0 saturated carbocycles. The largest absolute Gasteiger partial charge is 0.372 e. The summed E-state index contributed by atoms with van der Waals surface area (Å²) in [6.45, 7) is 2.14. The summed E-state index contributed by atoms with van der Waals surface area (Å²) in [6, 6.07) is 16.1. The minimum Gasteiger partial charge on any atom is -0.372 e. The highest BCUT2D eigenvalue weighted by Crippen LogP contribution is 2.21. The van der Waals surface area contributed by atoms with Crippen LogP contribution in [0.2, 0.25) is 0 Å². The first-order chi connectivity index (χ1) is 12.2. The SMILES string of the molecule is CNC(=O)[C@@H](NC(=O)c1ccc(N2CCCC2)cc1)c1ccccc1. The molecule has 0 unspecified atom stereocenters. The molecule has 1 heterocycles. The molecule has 2 aromatic rings. The summed E-state index contributed by atoms with van der Waals surface area (Å²) in [6.07, 6.45) is 2.43. The molecule has 2 N–H and O–H groups in total. The zero-order valence-electron chi connectivity index (χ0n) is 14.4. The average molecular weight is 337 g/mol. The molecule has 5 heteroatoms. The van der Waals surface area contributed by atoms with Gasteiger partial charge in [0, 0.05) is 31.4 Å². The Morgan fingerprint density at radius 2 is 1.60 bits per heavy atom. The zero-order chi connectivity index (χ0) is 17.6. The molecule has 0 aliphatic carbocycles. The normalized spacial score (nSPS) is 14.8. The van der Waals surface area contributed by atoms with E-state index in [-0.39, 0.29) is 11.8 Å². The zero-order valence-corrected chi connectivity index (χ0v) is 14.4. The Kier molecular flexibility index (Phi) is 5.33. The lowest BCUT2D eigenvalue weighted by Crippen LogP contribution is -2.39. The van der Waals surface area contributed by atoms with E-state index < -0.39 is 6.04 Å². The molecule has 2 amide bonds. The fraction of sp³-hybridized carbons (Fsp3) is 0.300. The summed E-state index contributed by atoms with van der Waals surface area (Å²) in [5.41, 5.74) is 2.44. The summed E-state index contributed by atoms with van der Waals surface area (Å²) >= 11 is 0. The number of rotatable bonds is 5. The van der Waals surface area contributed by atoms with Crippen LogP contribution >= 0.6 is 0 Å². The van der Waals surface area contributed by atoms with E-state index in [1.165, 1.54) is 12.8 Å². The van der Waals surface area contributed by atoms with Crippen molar-refractivity contribution in [3.63, 3.8) is 0 Å². The quantitative estimate of drug-likeness (QED) is 0.881. The topological polar surface area (TPSA) is 61.4 Å². The van der Waals surface area contributed by atoms with Crippen molar-refractivity contribution < 1.29 is 9.59 Å². The molecule has 2 aromatic carbocycles. The number of nitrogens with one attached hydrogen (secondary N) is 2. The van der Waals surface area contributed by atoms with Crippen molar-refractivity contribution in [1.82, 2.24) is 10.6 Å². The van der Waals surface area contributed by atoms with Gasteiger partial charge in [0.1, 0.15) is 6.04 Å². The second-order valence-electron chi connectivity index (χ2n) is 6.17. The molecule has 25 heavy (non-hydrogen) atoms. The van der Waals surface area contributed by atoms with Crippen molar-refractivity contribution in [2.24, 2.45) is 0 Å². The van der Waals surface area contributed by atoms with Crippen LogP contribution in [0.25, 0.3) is 0 Å². The fourth-order valence-corrected chi connectivity index (χ4v) is 3.10. The van der Waals surface area contributed by atoms with Gasteiger partial charge in [0.05, 0.1) is 0 Å². The average Bonchev–Trinajstić information content (AvgIpc) is 3.21. The van der Waals surface area contributed by atoms with Crippen molar-refractivity contribution in [3.05, 3.63) is 65.7 Å². The first-order valence-electron chi connectivity index (χ1n) is 8.61. The number of nitrogens with zero attached hydrogens (tertiary/aromatic N) is 1. The minimum atomic E-state index is -0.711. The Morgan fingerprint density at radius 1 is 0.960 bits per heavy atom. The Labute approximate surface area is 148 Å². The number of anilines is 1. The first-order valence-corrected chi connectivity index (χ1v) is 8.61. The molecule has 1 fully saturated rings. The van der Waals surface area contributed by atoms with Gasteiger partial charge >= 0.3 is 0 Å². The number of amides is 2. The van der Waals surface area contributed by atoms with Crippen molar-refractivity contribution in [1.29, 1.82) is 0 Å². The van der Waals surface area contributed by atoms with Crippen LogP contribution < -0.4 is 15.5 Å². The van der Waals surface area contributed by atoms with E-state index in [1.807, 2.05) is 54.6 Å². The van der Waals surface area contributed by atoms with Crippen LogP contribution in [0.4, 0.5) is 5.69 Å². The van der Waals surface area contributed by atoms with E-state index >= 15 is 0 Å². The molecule has 0 aromatic heterocycles. The molecule has 1 atom stereocenters. The molecule has 0 spiro atoms. The summed E-state index contributed by atoms with van der Waals surface area (Å²) in [4.78, 5) is 27.1. The number of carbonyl (C=O) groups is 2. The molecule has 1 aliphatic heterocycles. The predicted octanol–water partition coefficient (Wildman–Crippen LogP) is 2.50. The smallest absolute Gasteiger partial charge is 0.252 e. The van der Waals surface area contributed by atoms with Crippen molar-refractivity contribution in [2.75, 3.05) is 25.0 Å². The number of benzene rings is 2. The molecule has 0 radical (unpaired) electrons. The maximum Gasteiger partial charge on any atom is 0.252 e. The lowest BCUT2D eigenvalue weighted by atomic mass is 10.1. The summed E-state index contributed by atoms with van der Waals surface area (Å²) in [5.74, 6) is -0.501. The van der Waals surface area contributed by atoms with Crippen LogP contribution in [0, 0.1) is 0 Å². The van der Waals surface area contributed by atoms with E-state index in [9.17, 15) is 9.59 Å². The third-order valence-electron chi connectivity index (χ3n) is 4.52. The van der Waals surface area contributed by atoms with Crippen molar-refractivity contribution in [3.8, 4) is 0 Å². The molecule has 1 aliphatic rings. The standard InChI is InChI=1S/C20H23N3O2/c1-21-20(25)18(15-7-3-2-4-8-15)22-19(24)16-9-11-17(12-10-16)23-13-5-6-14-23/h2-4,7-12,18H,5-6,13-14H2,1H3,(H,21,25)(H,22,24)/t18-/m0/s1. The molecule has 130 valence electrons. The van der Waals surface area contributed by atoms with Crippen LogP contribution in [0.1, 0.15) is 34.8 Å². The monoisotopic (exact) mass is 337 g/mol. The number of hydrogen-bond donors (Lipinski definition) is 2. The number of carbonyl (C=O) groups excluding carboxylic acids is 2. The summed E-state index contributed by atoms with van der Waals surface area (Å²) in [7, 11) is 1.56. The van der Waals surface area contributed by atoms with Crippen molar-refractivity contribution >= 4 is 17.5 Å². The van der Waals surface area contributed by atoms with Gasteiger partial charge in [-0.3, -0.25) is 9.59 Å². The maximum absolute atomic E-state index is 12.6. The van der Waals surface area contributed by atoms with E-state index in [1.54, 1.807) is 7.05 Å². The van der Waals surface area contributed by atoms with Crippen LogP contribution in [-0.2, 0) is 4.79 Å².